The Labute approximate surface area is 104 Å². The fourth-order valence-electron chi connectivity index (χ4n) is 2.42. The van der Waals surface area contributed by atoms with E-state index in [1.165, 1.54) is 36.6 Å². The van der Waals surface area contributed by atoms with E-state index in [-0.39, 0.29) is 11.1 Å². The zero-order valence-electron chi connectivity index (χ0n) is 11.0. The van der Waals surface area contributed by atoms with Gasteiger partial charge in [-0.1, -0.05) is 18.7 Å². The van der Waals surface area contributed by atoms with E-state index in [0.717, 1.165) is 5.92 Å². The first-order valence-electron chi connectivity index (χ1n) is 6.39. The second-order valence-corrected chi connectivity index (χ2v) is 7.45. The minimum atomic E-state index is 0.138. The lowest BCUT2D eigenvalue weighted by Crippen LogP contribution is -2.39. The van der Waals surface area contributed by atoms with Crippen LogP contribution in [0.1, 0.15) is 53.4 Å². The number of nitrogens with one attached hydrogen (secondary N) is 1. The van der Waals surface area contributed by atoms with Gasteiger partial charge in [0.15, 0.2) is 5.17 Å². The molecule has 2 rings (SSSR count). The molecule has 0 atom stereocenters. The van der Waals surface area contributed by atoms with Crippen LogP contribution in [0.5, 0.6) is 0 Å². The molecule has 1 aliphatic carbocycles. The van der Waals surface area contributed by atoms with Crippen molar-refractivity contribution in [1.29, 1.82) is 0 Å². The number of thioether (sulfide) groups is 1. The molecule has 1 aliphatic heterocycles. The van der Waals surface area contributed by atoms with Crippen molar-refractivity contribution < 1.29 is 0 Å². The lowest BCUT2D eigenvalue weighted by Gasteiger charge is -2.32. The fraction of sp³-hybridized carbons (Fsp3) is 0.923. The molecule has 0 aromatic heterocycles. The normalized spacial score (nSPS) is 35.2. The quantitative estimate of drug-likeness (QED) is 0.701. The molecule has 1 saturated carbocycles. The molecule has 1 fully saturated rings. The number of aliphatic imine (C=N–C) groups is 1. The van der Waals surface area contributed by atoms with Crippen molar-refractivity contribution in [3.05, 3.63) is 0 Å². The maximum absolute atomic E-state index is 4.97. The molecule has 0 bridgehead atoms. The third-order valence-corrected chi connectivity index (χ3v) is 4.65. The van der Waals surface area contributed by atoms with E-state index in [0.29, 0.717) is 0 Å². The van der Waals surface area contributed by atoms with Gasteiger partial charge in [-0.05, 0) is 52.4 Å². The molecule has 0 aromatic carbocycles. The Kier molecular flexibility index (Phi) is 3.26. The maximum Gasteiger partial charge on any atom is 0.157 e. The second kappa shape index (κ2) is 4.25. The van der Waals surface area contributed by atoms with Crippen LogP contribution in [0.25, 0.3) is 0 Å². The van der Waals surface area contributed by atoms with Gasteiger partial charge in [0.1, 0.15) is 0 Å². The summed E-state index contributed by atoms with van der Waals surface area (Å²) in [5, 5.41) is 4.68. The molecule has 0 unspecified atom stereocenters. The van der Waals surface area contributed by atoms with Crippen LogP contribution >= 0.6 is 11.8 Å². The third kappa shape index (κ3) is 2.93. The molecule has 2 aliphatic rings. The van der Waals surface area contributed by atoms with Crippen LogP contribution in [0.4, 0.5) is 0 Å². The second-order valence-electron chi connectivity index (χ2n) is 6.49. The van der Waals surface area contributed by atoms with Crippen molar-refractivity contribution in [3.63, 3.8) is 0 Å². The first-order chi connectivity index (χ1) is 7.39. The van der Waals surface area contributed by atoms with Gasteiger partial charge in [0.05, 0.1) is 5.54 Å². The number of hydrogen-bond donors (Lipinski definition) is 1. The van der Waals surface area contributed by atoms with E-state index in [9.17, 15) is 0 Å². The highest BCUT2D eigenvalue weighted by Gasteiger charge is 2.38. The van der Waals surface area contributed by atoms with Crippen LogP contribution in [0, 0.1) is 5.92 Å². The van der Waals surface area contributed by atoms with Gasteiger partial charge in [0.25, 0.3) is 0 Å². The largest absolute Gasteiger partial charge is 0.360 e. The van der Waals surface area contributed by atoms with Crippen LogP contribution in [0.2, 0.25) is 0 Å². The molecule has 0 amide bonds. The summed E-state index contributed by atoms with van der Waals surface area (Å²) in [6.07, 6.45) is 5.28. The molecule has 1 N–H and O–H groups in total. The summed E-state index contributed by atoms with van der Waals surface area (Å²) in [5.74, 6) is 2.10. The molecule has 1 heterocycles. The van der Waals surface area contributed by atoms with Gasteiger partial charge in [0.2, 0.25) is 0 Å². The van der Waals surface area contributed by atoms with Gasteiger partial charge >= 0.3 is 0 Å². The lowest BCUT2D eigenvalue weighted by molar-refractivity contribution is 0.273. The van der Waals surface area contributed by atoms with Crippen molar-refractivity contribution in [3.8, 4) is 0 Å². The molecule has 1 spiro atoms. The summed E-state index contributed by atoms with van der Waals surface area (Å²) in [5.41, 5.74) is 0.421. The van der Waals surface area contributed by atoms with Crippen molar-refractivity contribution in [2.45, 2.75) is 64.5 Å². The van der Waals surface area contributed by atoms with Crippen molar-refractivity contribution in [2.24, 2.45) is 10.9 Å². The zero-order valence-corrected chi connectivity index (χ0v) is 11.8. The predicted octanol–water partition coefficient (Wildman–Crippen LogP) is 3.43. The SMILES string of the molecule is CC1CCC2(CC1)CSC(NC(C)(C)C)=N2. The van der Waals surface area contributed by atoms with Crippen molar-refractivity contribution in [1.82, 2.24) is 5.32 Å². The van der Waals surface area contributed by atoms with E-state index < -0.39 is 0 Å². The Balaban J connectivity index is 1.99. The molecule has 3 heteroatoms. The van der Waals surface area contributed by atoms with Gasteiger partial charge in [0, 0.05) is 11.3 Å². The van der Waals surface area contributed by atoms with Crippen LogP contribution in [0.15, 0.2) is 4.99 Å². The molecule has 92 valence electrons. The van der Waals surface area contributed by atoms with Crippen molar-refractivity contribution >= 4 is 16.9 Å². The minimum Gasteiger partial charge on any atom is -0.360 e. The highest BCUT2D eigenvalue weighted by molar-refractivity contribution is 8.14. The smallest absolute Gasteiger partial charge is 0.157 e. The highest BCUT2D eigenvalue weighted by atomic mass is 32.2. The fourth-order valence-corrected chi connectivity index (χ4v) is 3.82. The van der Waals surface area contributed by atoms with Crippen LogP contribution in [-0.4, -0.2) is 22.0 Å². The minimum absolute atomic E-state index is 0.138. The average molecular weight is 240 g/mol. The molecule has 0 saturated heterocycles. The first kappa shape index (κ1) is 12.3. The van der Waals surface area contributed by atoms with E-state index in [2.05, 4.69) is 33.0 Å². The van der Waals surface area contributed by atoms with Gasteiger partial charge in [-0.3, -0.25) is 4.99 Å². The molecule has 2 nitrogen and oxygen atoms in total. The van der Waals surface area contributed by atoms with E-state index in [1.54, 1.807) is 0 Å². The summed E-state index contributed by atoms with van der Waals surface area (Å²) in [4.78, 5) is 4.97. The van der Waals surface area contributed by atoms with Crippen LogP contribution in [0.3, 0.4) is 0 Å². The Morgan fingerprint density at radius 2 is 1.94 bits per heavy atom. The van der Waals surface area contributed by atoms with Gasteiger partial charge in [-0.15, -0.1) is 0 Å². The van der Waals surface area contributed by atoms with Crippen LogP contribution in [-0.2, 0) is 0 Å². The molecular weight excluding hydrogens is 216 g/mol. The Morgan fingerprint density at radius 1 is 1.31 bits per heavy atom. The number of amidine groups is 1. The topological polar surface area (TPSA) is 24.4 Å². The monoisotopic (exact) mass is 240 g/mol. The Bertz CT molecular complexity index is 283. The summed E-state index contributed by atoms with van der Waals surface area (Å²) in [7, 11) is 0. The molecule has 0 aromatic rings. The van der Waals surface area contributed by atoms with Gasteiger partial charge < -0.3 is 5.32 Å². The predicted molar refractivity (Wildman–Crippen MR) is 73.1 cm³/mol. The molecule has 0 radical (unpaired) electrons. The third-order valence-electron chi connectivity index (χ3n) is 3.50. The van der Waals surface area contributed by atoms with Gasteiger partial charge in [-0.2, -0.15) is 0 Å². The summed E-state index contributed by atoms with van der Waals surface area (Å²) < 4.78 is 0. The lowest BCUT2D eigenvalue weighted by atomic mass is 9.79. The maximum atomic E-state index is 4.97. The summed E-state index contributed by atoms with van der Waals surface area (Å²) in [6.45, 7) is 8.96. The van der Waals surface area contributed by atoms with Crippen molar-refractivity contribution in [2.75, 3.05) is 5.75 Å². The van der Waals surface area contributed by atoms with E-state index >= 15 is 0 Å². The Morgan fingerprint density at radius 3 is 2.50 bits per heavy atom. The number of nitrogens with zero attached hydrogens (tertiary/aromatic N) is 1. The molecule has 16 heavy (non-hydrogen) atoms. The zero-order chi connectivity index (χ0) is 11.8. The number of rotatable bonds is 0. The highest BCUT2D eigenvalue weighted by Crippen LogP contribution is 2.41. The van der Waals surface area contributed by atoms with E-state index in [4.69, 9.17) is 4.99 Å². The Hall–Kier alpha value is -0.180. The van der Waals surface area contributed by atoms with E-state index in [1.807, 2.05) is 11.8 Å². The molecular formula is C13H24N2S. The average Bonchev–Trinajstić information content (AvgIpc) is 2.52. The summed E-state index contributed by atoms with van der Waals surface area (Å²) in [6, 6.07) is 0. The first-order valence-corrected chi connectivity index (χ1v) is 7.38. The standard InChI is InChI=1S/C13H24N2S/c1-10-5-7-13(8-6-10)9-16-11(15-13)14-12(2,3)4/h10H,5-9H2,1-4H3,(H,14,15). The number of hydrogen-bond acceptors (Lipinski definition) is 3. The summed E-state index contributed by atoms with van der Waals surface area (Å²) >= 11 is 1.91. The van der Waals surface area contributed by atoms with Gasteiger partial charge in [-0.25, -0.2) is 0 Å². The van der Waals surface area contributed by atoms with Crippen LogP contribution < -0.4 is 5.32 Å².